The molecule has 36 heteroatoms. The van der Waals surface area contributed by atoms with Gasteiger partial charge in [-0.3, -0.25) is 33.6 Å². The Balaban J connectivity index is 0.954. The molecule has 9 rings (SSSR count). The normalized spacial score (nSPS) is 24.5. The number of nitrogens with one attached hydrogen (secondary N) is 6. The number of amides is 8. The number of piperidine rings is 1. The molecule has 102 heavy (non-hydrogen) atoms. The number of methoxy groups -OCH3 is 1. The number of alkyl carbamates (subject to hydrolysis) is 1. The maximum absolute atomic E-state index is 15.0. The van der Waals surface area contributed by atoms with Gasteiger partial charge in [-0.05, 0) is 93.1 Å². The van der Waals surface area contributed by atoms with Crippen LogP contribution in [-0.2, 0) is 58.8 Å². The Bertz CT molecular complexity index is 3680. The minimum absolute atomic E-state index is 0.00749. The van der Waals surface area contributed by atoms with E-state index in [2.05, 4.69) is 64.9 Å². The highest BCUT2D eigenvalue weighted by Crippen LogP contribution is 2.34. The molecule has 554 valence electrons. The first kappa shape index (κ1) is 77.5. The van der Waals surface area contributed by atoms with Crippen LogP contribution in [0.25, 0.3) is 26.8 Å². The number of aliphatic hydroxyl groups is 6. The van der Waals surface area contributed by atoms with Crippen LogP contribution >= 0.6 is 23.7 Å². The average Bonchev–Trinajstić information content (AvgIpc) is 1.63. The number of hydrogen-bond acceptors (Lipinski definition) is 27. The second-order valence-electron chi connectivity index (χ2n) is 25.3. The van der Waals surface area contributed by atoms with Gasteiger partial charge in [0, 0.05) is 107 Å². The molecule has 4 saturated heterocycles. The second-order valence-corrected chi connectivity index (χ2v) is 26.7. The van der Waals surface area contributed by atoms with Crippen molar-refractivity contribution >= 4 is 81.8 Å². The van der Waals surface area contributed by atoms with Gasteiger partial charge in [-0.25, -0.2) is 19.6 Å². The molecule has 14 N–H and O–H groups in total. The molecule has 0 saturated carbocycles. The van der Waals surface area contributed by atoms with E-state index in [1.165, 1.54) is 42.5 Å². The van der Waals surface area contributed by atoms with E-state index in [4.69, 9.17) is 33.7 Å². The van der Waals surface area contributed by atoms with E-state index in [1.54, 1.807) is 30.0 Å². The van der Waals surface area contributed by atoms with Gasteiger partial charge in [0.25, 0.3) is 18.2 Å². The van der Waals surface area contributed by atoms with Gasteiger partial charge in [0.05, 0.1) is 54.6 Å². The quantitative estimate of drug-likeness (QED) is 0.0119. The summed E-state index contributed by atoms with van der Waals surface area (Å²) in [7, 11) is 1.70. The van der Waals surface area contributed by atoms with E-state index < -0.39 is 177 Å². The standard InChI is InChI=1S/C66H86N12O22S2/c1-5-24-97-66(93)67-21-18-49(83)54-64(92)77-32-35(2)56(85)55(77)61(90)68-31-42(80)29-45(58(87)71-52(36(3)79)63(91)76-33-43(81)30-47(76)59(88)72-53(60(89)73-54)50(84)27-37-8-17-48(82)51(28-37)98-102-100-99-94)69-57(86)39-11-9-38(10-12-39)46-34-78-65(70-46)101-62(74-78)40-13-15-41(16-14-40)75-22-19-44(20-23-75)96-26-7-6-25-95-4/h5,8-17,28,34-36,42-45,47,49-50,52-56,79-85,94H,1,6-7,18-27,29-33H2,2-4H3,(H,67,93)(H,68,90)(H,69,86)(H,71,87)(H,72,88)(H,73,89)/t35-,36+,42+,43-,45+,47+,49-,50-,52+,53+,54+,55+,56+/m1/s1. The predicted molar refractivity (Wildman–Crippen MR) is 364 cm³/mol. The molecule has 34 nitrogen and oxygen atoms in total. The third-order valence-corrected chi connectivity index (χ3v) is 19.3. The summed E-state index contributed by atoms with van der Waals surface area (Å²) in [6, 6.07) is 6.32. The van der Waals surface area contributed by atoms with E-state index in [0.717, 1.165) is 97.1 Å². The van der Waals surface area contributed by atoms with Crippen molar-refractivity contribution in [1.82, 2.24) is 56.3 Å². The highest BCUT2D eigenvalue weighted by molar-refractivity contribution is 7.90. The van der Waals surface area contributed by atoms with Crippen LogP contribution in [-0.4, -0.2) is 258 Å². The number of hydrogen-bond donors (Lipinski definition) is 14. The number of anilines is 1. The Kier molecular flexibility index (Phi) is 27.7. The molecule has 0 radical (unpaired) electrons. The number of benzene rings is 3. The second kappa shape index (κ2) is 36.5. The number of rotatable bonds is 25. The third-order valence-electron chi connectivity index (χ3n) is 17.9. The Hall–Kier alpha value is -8.63. The average molecular weight is 1460 g/mol. The van der Waals surface area contributed by atoms with Gasteiger partial charge < -0.3 is 101 Å². The number of aromatic nitrogens is 3. The lowest BCUT2D eigenvalue weighted by Gasteiger charge is -2.34. The van der Waals surface area contributed by atoms with Crippen molar-refractivity contribution < 1.29 is 107 Å². The fourth-order valence-corrected chi connectivity index (χ4v) is 13.6. The molecule has 4 fully saturated rings. The van der Waals surface area contributed by atoms with E-state index in [1.807, 2.05) is 12.1 Å². The number of fused-ring (bicyclic) bond motifs is 3. The zero-order chi connectivity index (χ0) is 73.3. The van der Waals surface area contributed by atoms with Gasteiger partial charge in [0.2, 0.25) is 40.4 Å². The number of phenols is 1. The maximum atomic E-state index is 15.0. The van der Waals surface area contributed by atoms with Crippen molar-refractivity contribution in [3.05, 3.63) is 96.7 Å². The minimum Gasteiger partial charge on any atom is -0.504 e. The molecule has 0 bridgehead atoms. The van der Waals surface area contributed by atoms with Crippen LogP contribution in [0.2, 0.25) is 0 Å². The van der Waals surface area contributed by atoms with Crippen LogP contribution in [0.5, 0.6) is 11.5 Å². The number of imidazole rings is 1. The lowest BCUT2D eigenvalue weighted by molar-refractivity contribution is -0.433. The summed E-state index contributed by atoms with van der Waals surface area (Å²) in [4.78, 5) is 124. The monoisotopic (exact) mass is 1460 g/mol. The number of carbonyl (C=O) groups excluding carboxylic acids is 8. The van der Waals surface area contributed by atoms with Crippen molar-refractivity contribution in [3.63, 3.8) is 0 Å². The lowest BCUT2D eigenvalue weighted by Crippen LogP contribution is -2.64. The summed E-state index contributed by atoms with van der Waals surface area (Å²) in [5, 5.41) is 112. The number of phenolic OH excluding ortho intramolecular Hbond substituents is 1. The zero-order valence-corrected chi connectivity index (χ0v) is 57.7. The van der Waals surface area contributed by atoms with Gasteiger partial charge in [0.15, 0.2) is 11.5 Å². The number of aromatic hydroxyl groups is 1. The molecular weight excluding hydrogens is 1380 g/mol. The topological polar surface area (TPSA) is 466 Å². The molecule has 6 heterocycles. The summed E-state index contributed by atoms with van der Waals surface area (Å²) in [6.07, 6.45) is -6.82. The number of carbonyl (C=O) groups is 8. The van der Waals surface area contributed by atoms with Crippen LogP contribution in [0.15, 0.2) is 85.6 Å². The van der Waals surface area contributed by atoms with Crippen molar-refractivity contribution in [2.45, 2.75) is 144 Å². The molecule has 2 aromatic heterocycles. The van der Waals surface area contributed by atoms with Crippen molar-refractivity contribution in [3.8, 4) is 33.3 Å². The summed E-state index contributed by atoms with van der Waals surface area (Å²) in [5.41, 5.74) is 3.23. The Labute approximate surface area is 593 Å². The third kappa shape index (κ3) is 20.0. The Morgan fingerprint density at radius 1 is 0.824 bits per heavy atom. The predicted octanol–water partition coefficient (Wildman–Crippen LogP) is -0.144. The maximum Gasteiger partial charge on any atom is 0.407 e. The van der Waals surface area contributed by atoms with Crippen molar-refractivity contribution in [2.24, 2.45) is 5.92 Å². The van der Waals surface area contributed by atoms with Gasteiger partial charge in [-0.15, -0.1) is 0 Å². The van der Waals surface area contributed by atoms with Crippen LogP contribution in [0.3, 0.4) is 0 Å². The first-order valence-corrected chi connectivity index (χ1v) is 34.7. The van der Waals surface area contributed by atoms with Crippen LogP contribution in [0.4, 0.5) is 10.5 Å². The van der Waals surface area contributed by atoms with Crippen molar-refractivity contribution in [1.29, 1.82) is 0 Å². The van der Waals surface area contributed by atoms with Crippen molar-refractivity contribution in [2.75, 3.05) is 71.1 Å². The van der Waals surface area contributed by atoms with Crippen LogP contribution in [0.1, 0.15) is 74.7 Å². The molecule has 4 aliphatic rings. The molecule has 0 unspecified atom stereocenters. The molecule has 8 amide bonds. The highest BCUT2D eigenvalue weighted by atomic mass is 32.2. The first-order valence-electron chi connectivity index (χ1n) is 33.2. The first-order chi connectivity index (χ1) is 48.9. The lowest BCUT2D eigenvalue weighted by atomic mass is 9.98. The molecule has 5 aromatic rings. The zero-order valence-electron chi connectivity index (χ0n) is 56.1. The number of ether oxygens (including phenoxy) is 3. The van der Waals surface area contributed by atoms with E-state index in [9.17, 15) is 69.3 Å². The summed E-state index contributed by atoms with van der Waals surface area (Å²) in [5.74, 6) is -9.75. The fraction of sp³-hybridized carbons (Fsp3) is 0.515. The summed E-state index contributed by atoms with van der Waals surface area (Å²) in [6.45, 7) is 7.01. The summed E-state index contributed by atoms with van der Waals surface area (Å²) < 4.78 is 27.2. The van der Waals surface area contributed by atoms with E-state index >= 15 is 4.79 Å². The largest absolute Gasteiger partial charge is 0.504 e. The molecule has 0 spiro atoms. The molecule has 13 atom stereocenters. The molecule has 4 aliphatic heterocycles. The molecule has 3 aromatic carbocycles. The fourth-order valence-electron chi connectivity index (χ4n) is 12.5. The van der Waals surface area contributed by atoms with E-state index in [0.29, 0.717) is 16.2 Å². The SMILES string of the molecule is C=CCOC(=O)NCC[C@@H](O)[C@@H]1NC(=O)[C@H]([C@H](O)Cc2ccc(O)c(OSOOO)c2)NC(=O)[C@@H]2C[C@@H](O)CN2C(=O)[C@H]([C@H](C)O)NC(=O)[C@@H](NC(=O)c2ccc(-c3cn4nc(-c5ccc(N6CCC(OCCCCOC)CC6)cc5)sc4n3)cc2)C[C@H](O)CNC(=O)[C@@H]2[C@@H](O)[C@H](C)CN2C1=O. The summed E-state index contributed by atoms with van der Waals surface area (Å²) >= 11 is 1.45. The van der Waals surface area contributed by atoms with Gasteiger partial charge >= 0.3 is 6.09 Å². The molecule has 0 aliphatic carbocycles. The number of nitrogens with zero attached hydrogens (tertiary/aromatic N) is 6. The minimum atomic E-state index is -2.18. The van der Waals surface area contributed by atoms with Gasteiger partial charge in [-0.2, -0.15) is 5.10 Å². The smallest absolute Gasteiger partial charge is 0.407 e. The number of unbranched alkanes of at least 4 members (excludes halogenated alkanes) is 1. The van der Waals surface area contributed by atoms with Crippen LogP contribution < -0.4 is 41.0 Å². The molecular formula is C66H86N12O22S2. The Morgan fingerprint density at radius 2 is 1.52 bits per heavy atom. The number of β-amino-alcohol motifs (C(OH)–C–C–N with tert-alkyl or cyclic N) is 1. The highest BCUT2D eigenvalue weighted by Gasteiger charge is 2.50. The van der Waals surface area contributed by atoms with Gasteiger partial charge in [-0.1, -0.05) is 58.5 Å². The van der Waals surface area contributed by atoms with Gasteiger partial charge in [0.1, 0.15) is 47.9 Å². The Morgan fingerprint density at radius 3 is 2.22 bits per heavy atom. The van der Waals surface area contributed by atoms with Crippen LogP contribution in [0, 0.1) is 5.92 Å². The number of aliphatic hydroxyl groups excluding tert-OH is 6. The van der Waals surface area contributed by atoms with E-state index in [-0.39, 0.29) is 48.5 Å².